The van der Waals surface area contributed by atoms with E-state index in [9.17, 15) is 4.79 Å². The predicted octanol–water partition coefficient (Wildman–Crippen LogP) is 2.57. The first-order valence-corrected chi connectivity index (χ1v) is 5.78. The zero-order chi connectivity index (χ0) is 11.5. The van der Waals surface area contributed by atoms with Crippen molar-refractivity contribution < 1.29 is 9.90 Å². The van der Waals surface area contributed by atoms with Crippen molar-refractivity contribution in [1.82, 2.24) is 0 Å². The molecule has 3 nitrogen and oxygen atoms in total. The van der Waals surface area contributed by atoms with Gasteiger partial charge in [-0.1, -0.05) is 31.0 Å². The molecule has 0 aromatic heterocycles. The summed E-state index contributed by atoms with van der Waals surface area (Å²) in [7, 11) is 0. The summed E-state index contributed by atoms with van der Waals surface area (Å²) in [5.74, 6) is -0.440. The number of carboxylic acid groups (broad SMARTS) is 1. The smallest absolute Gasteiger partial charge is 0.336 e. The van der Waals surface area contributed by atoms with E-state index < -0.39 is 5.97 Å². The van der Waals surface area contributed by atoms with Crippen LogP contribution in [0.15, 0.2) is 24.3 Å². The lowest BCUT2D eigenvalue weighted by atomic mass is 9.89. The van der Waals surface area contributed by atoms with Crippen LogP contribution in [-0.2, 0) is 0 Å². The van der Waals surface area contributed by atoms with Gasteiger partial charge >= 0.3 is 5.97 Å². The Morgan fingerprint density at radius 3 is 2.56 bits per heavy atom. The van der Waals surface area contributed by atoms with Crippen molar-refractivity contribution in [3.8, 4) is 0 Å². The van der Waals surface area contributed by atoms with Gasteiger partial charge in [0, 0.05) is 6.04 Å². The fraction of sp³-hybridized carbons (Fsp3) is 0.462. The summed E-state index contributed by atoms with van der Waals surface area (Å²) in [6.45, 7) is 0. The molecule has 0 aliphatic heterocycles. The quantitative estimate of drug-likeness (QED) is 0.821. The second kappa shape index (κ2) is 4.66. The van der Waals surface area contributed by atoms with Gasteiger partial charge in [0.05, 0.1) is 5.56 Å². The van der Waals surface area contributed by atoms with Crippen LogP contribution in [-0.4, -0.2) is 11.1 Å². The highest BCUT2D eigenvalue weighted by Crippen LogP contribution is 2.35. The lowest BCUT2D eigenvalue weighted by molar-refractivity contribution is 0.0694. The molecule has 0 spiro atoms. The second-order valence-electron chi connectivity index (χ2n) is 4.46. The Bertz CT molecular complexity index is 383. The standard InChI is InChI=1S/C13H17NO2/c14-12(9-5-1-2-6-9)10-7-3-4-8-11(10)13(15)16/h3-4,7-9,12H,1-2,5-6,14H2,(H,15,16)/t12-/m1/s1. The number of carbonyl (C=O) groups is 1. The fourth-order valence-electron chi connectivity index (χ4n) is 2.55. The fourth-order valence-corrected chi connectivity index (χ4v) is 2.55. The first-order chi connectivity index (χ1) is 7.70. The van der Waals surface area contributed by atoms with Gasteiger partial charge in [-0.3, -0.25) is 0 Å². The predicted molar refractivity (Wildman–Crippen MR) is 62.3 cm³/mol. The molecule has 1 saturated carbocycles. The number of carboxylic acids is 1. The molecule has 0 amide bonds. The zero-order valence-corrected chi connectivity index (χ0v) is 9.23. The van der Waals surface area contributed by atoms with Crippen LogP contribution in [0.3, 0.4) is 0 Å². The molecule has 1 aliphatic carbocycles. The van der Waals surface area contributed by atoms with E-state index in [0.29, 0.717) is 11.5 Å². The van der Waals surface area contributed by atoms with E-state index in [1.807, 2.05) is 12.1 Å². The normalized spacial score (nSPS) is 18.6. The lowest BCUT2D eigenvalue weighted by Gasteiger charge is -2.20. The van der Waals surface area contributed by atoms with Crippen molar-refractivity contribution in [2.75, 3.05) is 0 Å². The second-order valence-corrected chi connectivity index (χ2v) is 4.46. The van der Waals surface area contributed by atoms with Gasteiger partial charge in [-0.2, -0.15) is 0 Å². The molecule has 16 heavy (non-hydrogen) atoms. The van der Waals surface area contributed by atoms with E-state index in [-0.39, 0.29) is 6.04 Å². The van der Waals surface area contributed by atoms with Crippen LogP contribution >= 0.6 is 0 Å². The van der Waals surface area contributed by atoms with Gasteiger partial charge < -0.3 is 10.8 Å². The van der Waals surface area contributed by atoms with E-state index in [4.69, 9.17) is 10.8 Å². The Kier molecular flexibility index (Phi) is 3.25. The molecule has 86 valence electrons. The minimum absolute atomic E-state index is 0.130. The summed E-state index contributed by atoms with van der Waals surface area (Å²) in [5, 5.41) is 9.10. The number of aromatic carboxylic acids is 1. The minimum Gasteiger partial charge on any atom is -0.478 e. The number of rotatable bonds is 3. The van der Waals surface area contributed by atoms with Crippen LogP contribution in [0.4, 0.5) is 0 Å². The zero-order valence-electron chi connectivity index (χ0n) is 9.23. The lowest BCUT2D eigenvalue weighted by Crippen LogP contribution is -2.21. The van der Waals surface area contributed by atoms with Crippen molar-refractivity contribution in [3.63, 3.8) is 0 Å². The number of hydrogen-bond donors (Lipinski definition) is 2. The molecule has 3 N–H and O–H groups in total. The van der Waals surface area contributed by atoms with Crippen molar-refractivity contribution >= 4 is 5.97 Å². The largest absolute Gasteiger partial charge is 0.478 e. The van der Waals surface area contributed by atoms with Crippen LogP contribution in [0.1, 0.15) is 47.6 Å². The maximum Gasteiger partial charge on any atom is 0.336 e. The number of benzene rings is 1. The molecule has 0 bridgehead atoms. The average molecular weight is 219 g/mol. The third-order valence-electron chi connectivity index (χ3n) is 3.46. The van der Waals surface area contributed by atoms with Gasteiger partial charge in [0.1, 0.15) is 0 Å². The Hall–Kier alpha value is -1.35. The summed E-state index contributed by atoms with van der Waals surface area (Å²) in [5.41, 5.74) is 7.30. The Balaban J connectivity index is 2.27. The van der Waals surface area contributed by atoms with Crippen molar-refractivity contribution in [2.24, 2.45) is 11.7 Å². The summed E-state index contributed by atoms with van der Waals surface area (Å²) in [6, 6.07) is 6.94. The molecule has 1 fully saturated rings. The molecule has 3 heteroatoms. The average Bonchev–Trinajstić information content (AvgIpc) is 2.81. The van der Waals surface area contributed by atoms with Crippen molar-refractivity contribution in [1.29, 1.82) is 0 Å². The summed E-state index contributed by atoms with van der Waals surface area (Å²) >= 11 is 0. The first-order valence-electron chi connectivity index (χ1n) is 5.78. The van der Waals surface area contributed by atoms with E-state index in [2.05, 4.69) is 0 Å². The van der Waals surface area contributed by atoms with Crippen molar-refractivity contribution in [2.45, 2.75) is 31.7 Å². The summed E-state index contributed by atoms with van der Waals surface area (Å²) < 4.78 is 0. The molecule has 0 heterocycles. The molecular formula is C13H17NO2. The highest BCUT2D eigenvalue weighted by Gasteiger charge is 2.25. The van der Waals surface area contributed by atoms with Crippen LogP contribution < -0.4 is 5.73 Å². The molecule has 1 aliphatic rings. The highest BCUT2D eigenvalue weighted by molar-refractivity contribution is 5.89. The van der Waals surface area contributed by atoms with Gasteiger partial charge in [0.2, 0.25) is 0 Å². The van der Waals surface area contributed by atoms with Gasteiger partial charge in [-0.25, -0.2) is 4.79 Å². The van der Waals surface area contributed by atoms with Crippen LogP contribution in [0.2, 0.25) is 0 Å². The van der Waals surface area contributed by atoms with E-state index >= 15 is 0 Å². The molecule has 1 aromatic carbocycles. The Labute approximate surface area is 95.3 Å². The van der Waals surface area contributed by atoms with Gasteiger partial charge in [-0.15, -0.1) is 0 Å². The van der Waals surface area contributed by atoms with Crippen LogP contribution in [0.25, 0.3) is 0 Å². The third kappa shape index (κ3) is 2.09. The van der Waals surface area contributed by atoms with Crippen molar-refractivity contribution in [3.05, 3.63) is 35.4 Å². The van der Waals surface area contributed by atoms with Crippen LogP contribution in [0.5, 0.6) is 0 Å². The third-order valence-corrected chi connectivity index (χ3v) is 3.46. The van der Waals surface area contributed by atoms with Gasteiger partial charge in [0.25, 0.3) is 0 Å². The maximum absolute atomic E-state index is 11.1. The minimum atomic E-state index is -0.885. The Morgan fingerprint density at radius 1 is 1.31 bits per heavy atom. The Morgan fingerprint density at radius 2 is 1.94 bits per heavy atom. The molecule has 2 rings (SSSR count). The molecular weight excluding hydrogens is 202 g/mol. The molecule has 0 radical (unpaired) electrons. The first kappa shape index (κ1) is 11.1. The number of hydrogen-bond acceptors (Lipinski definition) is 2. The van der Waals surface area contributed by atoms with Crippen LogP contribution in [0, 0.1) is 5.92 Å². The monoisotopic (exact) mass is 219 g/mol. The van der Waals surface area contributed by atoms with Gasteiger partial charge in [-0.05, 0) is 30.4 Å². The van der Waals surface area contributed by atoms with E-state index in [1.165, 1.54) is 12.8 Å². The topological polar surface area (TPSA) is 63.3 Å². The van der Waals surface area contributed by atoms with Gasteiger partial charge in [0.15, 0.2) is 0 Å². The SMILES string of the molecule is N[C@@H](c1ccccc1C(=O)O)C1CCCC1. The molecule has 1 atom stereocenters. The molecule has 0 saturated heterocycles. The molecule has 1 aromatic rings. The van der Waals surface area contributed by atoms with E-state index in [1.54, 1.807) is 12.1 Å². The highest BCUT2D eigenvalue weighted by atomic mass is 16.4. The summed E-state index contributed by atoms with van der Waals surface area (Å²) in [6.07, 6.45) is 4.67. The summed E-state index contributed by atoms with van der Waals surface area (Å²) in [4.78, 5) is 11.1. The number of nitrogens with two attached hydrogens (primary N) is 1. The van der Waals surface area contributed by atoms with E-state index in [0.717, 1.165) is 18.4 Å². The maximum atomic E-state index is 11.1. The molecule has 0 unspecified atom stereocenters.